The fraction of sp³-hybridized carbons (Fsp3) is 0.667. The Morgan fingerprint density at radius 3 is 2.75 bits per heavy atom. The van der Waals surface area contributed by atoms with Crippen molar-refractivity contribution >= 4 is 5.69 Å². The van der Waals surface area contributed by atoms with E-state index in [1.165, 1.54) is 69.3 Å². The van der Waals surface area contributed by atoms with Crippen LogP contribution in [0.15, 0.2) is 24.3 Å². The number of rotatable bonds is 3. The summed E-state index contributed by atoms with van der Waals surface area (Å²) in [6, 6.07) is 9.03. The van der Waals surface area contributed by atoms with Crippen LogP contribution in [-0.4, -0.2) is 18.6 Å². The highest BCUT2D eigenvalue weighted by Gasteiger charge is 2.37. The van der Waals surface area contributed by atoms with Crippen LogP contribution < -0.4 is 10.2 Å². The van der Waals surface area contributed by atoms with Gasteiger partial charge in [0.05, 0.1) is 0 Å². The first-order valence-electron chi connectivity index (χ1n) is 8.43. The molecule has 0 aromatic heterocycles. The zero-order valence-corrected chi connectivity index (χ0v) is 12.4. The first kappa shape index (κ1) is 12.7. The summed E-state index contributed by atoms with van der Waals surface area (Å²) in [6.07, 6.45) is 9.86. The van der Waals surface area contributed by atoms with Crippen molar-refractivity contribution in [2.45, 2.75) is 57.0 Å². The molecule has 0 amide bonds. The molecule has 2 saturated carbocycles. The van der Waals surface area contributed by atoms with E-state index in [9.17, 15) is 0 Å². The molecule has 1 aromatic rings. The van der Waals surface area contributed by atoms with Crippen molar-refractivity contribution in [3.8, 4) is 0 Å². The Balaban J connectivity index is 1.59. The monoisotopic (exact) mass is 270 g/mol. The molecule has 2 nitrogen and oxygen atoms in total. The molecule has 3 aliphatic rings. The highest BCUT2D eigenvalue weighted by atomic mass is 15.2. The summed E-state index contributed by atoms with van der Waals surface area (Å²) in [4.78, 5) is 2.69. The van der Waals surface area contributed by atoms with Gasteiger partial charge in [-0.15, -0.1) is 0 Å². The van der Waals surface area contributed by atoms with Crippen molar-refractivity contribution in [3.63, 3.8) is 0 Å². The van der Waals surface area contributed by atoms with Crippen LogP contribution in [0.5, 0.6) is 0 Å². The molecule has 20 heavy (non-hydrogen) atoms. The van der Waals surface area contributed by atoms with Gasteiger partial charge in [-0.05, 0) is 36.8 Å². The minimum absolute atomic E-state index is 0.391. The lowest BCUT2D eigenvalue weighted by Crippen LogP contribution is -2.49. The minimum atomic E-state index is 0.391. The molecule has 0 saturated heterocycles. The van der Waals surface area contributed by atoms with E-state index >= 15 is 0 Å². The maximum absolute atomic E-state index is 3.90. The van der Waals surface area contributed by atoms with Crippen molar-refractivity contribution in [2.75, 3.05) is 18.0 Å². The highest BCUT2D eigenvalue weighted by molar-refractivity contribution is 5.55. The van der Waals surface area contributed by atoms with Crippen molar-refractivity contribution in [3.05, 3.63) is 29.8 Å². The third-order valence-corrected chi connectivity index (χ3v) is 5.54. The number of benzene rings is 1. The Morgan fingerprint density at radius 2 is 1.95 bits per heavy atom. The van der Waals surface area contributed by atoms with Gasteiger partial charge in [-0.2, -0.15) is 0 Å². The molecule has 1 aromatic carbocycles. The fourth-order valence-electron chi connectivity index (χ4n) is 4.09. The third-order valence-electron chi connectivity index (χ3n) is 5.54. The third kappa shape index (κ3) is 2.46. The van der Waals surface area contributed by atoms with Gasteiger partial charge in [0.15, 0.2) is 0 Å². The first-order chi connectivity index (χ1) is 9.85. The van der Waals surface area contributed by atoms with E-state index in [4.69, 9.17) is 0 Å². The van der Waals surface area contributed by atoms with Crippen LogP contribution in [0, 0.1) is 5.92 Å². The summed E-state index contributed by atoms with van der Waals surface area (Å²) in [5.41, 5.74) is 3.37. The number of hydrogen-bond acceptors (Lipinski definition) is 2. The van der Waals surface area contributed by atoms with Gasteiger partial charge in [0, 0.05) is 30.9 Å². The lowest BCUT2D eigenvalue weighted by Gasteiger charge is -2.35. The van der Waals surface area contributed by atoms with Crippen molar-refractivity contribution in [1.29, 1.82) is 0 Å². The summed E-state index contributed by atoms with van der Waals surface area (Å²) in [7, 11) is 0. The van der Waals surface area contributed by atoms with Gasteiger partial charge in [0.25, 0.3) is 0 Å². The standard InChI is InChI=1S/C18H26N2/c1-2-6-17-16(5-1)13-19-18(10-3-4-11-18)14-20(17)12-9-15-7-8-15/h1-2,5-6,15,19H,3-4,7-14H2. The molecule has 2 fully saturated rings. The number of nitrogens with zero attached hydrogens (tertiary/aromatic N) is 1. The summed E-state index contributed by atoms with van der Waals surface area (Å²) in [6.45, 7) is 3.53. The number of nitrogens with one attached hydrogen (secondary N) is 1. The van der Waals surface area contributed by atoms with Crippen molar-refractivity contribution in [2.24, 2.45) is 5.92 Å². The van der Waals surface area contributed by atoms with Gasteiger partial charge in [-0.25, -0.2) is 0 Å². The van der Waals surface area contributed by atoms with Gasteiger partial charge >= 0.3 is 0 Å². The van der Waals surface area contributed by atoms with E-state index in [2.05, 4.69) is 34.5 Å². The van der Waals surface area contributed by atoms with Crippen LogP contribution in [0.1, 0.15) is 50.5 Å². The molecule has 1 spiro atoms. The molecule has 108 valence electrons. The topological polar surface area (TPSA) is 15.3 Å². The second kappa shape index (κ2) is 5.07. The normalized spacial score (nSPS) is 24.7. The second-order valence-corrected chi connectivity index (χ2v) is 7.12. The maximum atomic E-state index is 3.90. The van der Waals surface area contributed by atoms with E-state index in [-0.39, 0.29) is 0 Å². The van der Waals surface area contributed by atoms with Crippen LogP contribution >= 0.6 is 0 Å². The van der Waals surface area contributed by atoms with E-state index in [0.29, 0.717) is 5.54 Å². The van der Waals surface area contributed by atoms with Crippen LogP contribution in [0.25, 0.3) is 0 Å². The van der Waals surface area contributed by atoms with Gasteiger partial charge in [0.1, 0.15) is 0 Å². The molecule has 0 unspecified atom stereocenters. The second-order valence-electron chi connectivity index (χ2n) is 7.12. The molecule has 0 bridgehead atoms. The van der Waals surface area contributed by atoms with Crippen LogP contribution in [0.4, 0.5) is 5.69 Å². The predicted octanol–water partition coefficient (Wildman–Crippen LogP) is 3.71. The van der Waals surface area contributed by atoms with Gasteiger partial charge in [0.2, 0.25) is 0 Å². The van der Waals surface area contributed by atoms with E-state index in [1.807, 2.05) is 0 Å². The Morgan fingerprint density at radius 1 is 1.15 bits per heavy atom. The van der Waals surface area contributed by atoms with E-state index < -0.39 is 0 Å². The lowest BCUT2D eigenvalue weighted by molar-refractivity contribution is 0.337. The molecular weight excluding hydrogens is 244 g/mol. The first-order valence-corrected chi connectivity index (χ1v) is 8.43. The largest absolute Gasteiger partial charge is 0.369 e. The number of fused-ring (bicyclic) bond motifs is 1. The van der Waals surface area contributed by atoms with Crippen molar-refractivity contribution < 1.29 is 0 Å². The number of hydrogen-bond donors (Lipinski definition) is 1. The Labute approximate surface area is 122 Å². The van der Waals surface area contributed by atoms with Crippen LogP contribution in [0.3, 0.4) is 0 Å². The fourth-order valence-corrected chi connectivity index (χ4v) is 4.09. The molecule has 0 atom stereocenters. The predicted molar refractivity (Wildman–Crippen MR) is 84.0 cm³/mol. The van der Waals surface area contributed by atoms with E-state index in [0.717, 1.165) is 12.5 Å². The Kier molecular flexibility index (Phi) is 3.22. The molecule has 1 aliphatic heterocycles. The van der Waals surface area contributed by atoms with Crippen LogP contribution in [-0.2, 0) is 6.54 Å². The summed E-state index contributed by atoms with van der Waals surface area (Å²) in [5, 5.41) is 3.90. The summed E-state index contributed by atoms with van der Waals surface area (Å²) >= 11 is 0. The summed E-state index contributed by atoms with van der Waals surface area (Å²) < 4.78 is 0. The quantitative estimate of drug-likeness (QED) is 0.900. The minimum Gasteiger partial charge on any atom is -0.369 e. The SMILES string of the molecule is c1ccc2c(c1)CNC1(CCCC1)CN2CCC1CC1. The maximum Gasteiger partial charge on any atom is 0.0412 e. The zero-order chi connectivity index (χ0) is 13.4. The molecule has 4 rings (SSSR count). The Bertz CT molecular complexity index is 472. The average Bonchev–Trinajstić information content (AvgIpc) is 3.22. The molecule has 2 heteroatoms. The van der Waals surface area contributed by atoms with Gasteiger partial charge in [-0.1, -0.05) is 43.9 Å². The smallest absolute Gasteiger partial charge is 0.0412 e. The number of anilines is 1. The number of para-hydroxylation sites is 1. The van der Waals surface area contributed by atoms with Crippen molar-refractivity contribution in [1.82, 2.24) is 5.32 Å². The molecule has 1 N–H and O–H groups in total. The molecular formula is C18H26N2. The molecule has 0 radical (unpaired) electrons. The van der Waals surface area contributed by atoms with Crippen LogP contribution in [0.2, 0.25) is 0 Å². The molecule has 1 heterocycles. The molecule has 2 aliphatic carbocycles. The average molecular weight is 270 g/mol. The van der Waals surface area contributed by atoms with Gasteiger partial charge in [-0.3, -0.25) is 0 Å². The van der Waals surface area contributed by atoms with Gasteiger partial charge < -0.3 is 10.2 Å². The Hall–Kier alpha value is -1.02. The summed E-state index contributed by atoms with van der Waals surface area (Å²) in [5.74, 6) is 1.03. The lowest BCUT2D eigenvalue weighted by atomic mass is 9.97. The zero-order valence-electron chi connectivity index (χ0n) is 12.4. The van der Waals surface area contributed by atoms with E-state index in [1.54, 1.807) is 0 Å². The highest BCUT2D eigenvalue weighted by Crippen LogP contribution is 2.37.